The van der Waals surface area contributed by atoms with Gasteiger partial charge in [-0.15, -0.1) is 0 Å². The van der Waals surface area contributed by atoms with Crippen molar-refractivity contribution in [1.82, 2.24) is 5.32 Å². The molecule has 2 unspecified atom stereocenters. The van der Waals surface area contributed by atoms with Crippen LogP contribution in [0.2, 0.25) is 0 Å². The van der Waals surface area contributed by atoms with Crippen molar-refractivity contribution in [3.63, 3.8) is 0 Å². The van der Waals surface area contributed by atoms with Crippen molar-refractivity contribution in [3.05, 3.63) is 36.5 Å². The zero-order valence-corrected chi connectivity index (χ0v) is 59.0. The fraction of sp³-hybridized carbons (Fsp3) is 0.901. The topological polar surface area (TPSA) is 95.9 Å². The maximum absolute atomic E-state index is 12.5. The van der Waals surface area contributed by atoms with E-state index in [1.807, 2.05) is 6.08 Å². The molecule has 0 saturated carbocycles. The van der Waals surface area contributed by atoms with Crippen molar-refractivity contribution in [2.24, 2.45) is 0 Å². The summed E-state index contributed by atoms with van der Waals surface area (Å²) in [6, 6.07) is -0.626. The van der Waals surface area contributed by atoms with Gasteiger partial charge in [-0.05, 0) is 64.2 Å². The Kier molecular flexibility index (Phi) is 74.8. The van der Waals surface area contributed by atoms with E-state index in [4.69, 9.17) is 4.74 Å². The highest BCUT2D eigenvalue weighted by molar-refractivity contribution is 5.76. The molecule has 0 fully saturated rings. The largest absolute Gasteiger partial charge is 0.466 e. The zero-order valence-electron chi connectivity index (χ0n) is 59.0. The Bertz CT molecular complexity index is 1410. The highest BCUT2D eigenvalue weighted by Crippen LogP contribution is 2.20. The van der Waals surface area contributed by atoms with Crippen LogP contribution in [0.25, 0.3) is 0 Å². The second-order valence-corrected chi connectivity index (χ2v) is 27.4. The molecule has 87 heavy (non-hydrogen) atoms. The number of ether oxygens (including phenoxy) is 1. The van der Waals surface area contributed by atoms with E-state index < -0.39 is 12.1 Å². The van der Waals surface area contributed by atoms with Crippen molar-refractivity contribution < 1.29 is 24.5 Å². The van der Waals surface area contributed by atoms with Crippen molar-refractivity contribution in [3.8, 4) is 0 Å². The first-order valence-corrected chi connectivity index (χ1v) is 39.8. The van der Waals surface area contributed by atoms with Gasteiger partial charge in [0.1, 0.15) is 0 Å². The van der Waals surface area contributed by atoms with Gasteiger partial charge in [0, 0.05) is 12.8 Å². The van der Waals surface area contributed by atoms with Gasteiger partial charge in [0.2, 0.25) is 5.91 Å². The lowest BCUT2D eigenvalue weighted by atomic mass is 10.0. The number of carbonyl (C=O) groups excluding carboxylic acids is 2. The van der Waals surface area contributed by atoms with E-state index in [0.717, 1.165) is 44.9 Å². The standard InChI is InChI=1S/C81H155NO5/c1-3-5-7-9-11-13-15-17-19-43-46-49-53-57-61-65-69-73-79(84)78(77-83)82-80(85)74-70-66-62-58-54-50-47-44-41-39-37-35-33-31-29-27-25-23-21-20-22-24-26-28-30-32-34-36-38-40-42-45-48-52-56-60-64-68-72-76-87-81(86)75-71-67-63-59-55-51-18-16-14-12-10-8-6-4-2/h20-21,24,26,69,73,78-79,83-84H,3-19,22-23,25,27-68,70-72,74-77H2,1-2H3,(H,82,85)/b21-20-,26-24-,73-69+. The highest BCUT2D eigenvalue weighted by Gasteiger charge is 2.18. The molecule has 6 heteroatoms. The van der Waals surface area contributed by atoms with Crippen LogP contribution in [0.3, 0.4) is 0 Å². The highest BCUT2D eigenvalue weighted by atomic mass is 16.5. The Balaban J connectivity index is 3.36. The number of aliphatic hydroxyl groups excluding tert-OH is 2. The average Bonchev–Trinajstić information content (AvgIpc) is 3.53. The van der Waals surface area contributed by atoms with Crippen LogP contribution < -0.4 is 5.32 Å². The summed E-state index contributed by atoms with van der Waals surface area (Å²) in [7, 11) is 0. The van der Waals surface area contributed by atoms with E-state index in [1.165, 1.54) is 372 Å². The molecule has 0 spiro atoms. The van der Waals surface area contributed by atoms with Gasteiger partial charge in [0.05, 0.1) is 25.4 Å². The predicted molar refractivity (Wildman–Crippen MR) is 384 cm³/mol. The van der Waals surface area contributed by atoms with Crippen LogP contribution in [0.15, 0.2) is 36.5 Å². The third-order valence-corrected chi connectivity index (χ3v) is 18.7. The Morgan fingerprint density at radius 1 is 0.322 bits per heavy atom. The number of unbranched alkanes of at least 4 members (excludes halogenated alkanes) is 60. The summed E-state index contributed by atoms with van der Waals surface area (Å²) in [4.78, 5) is 24.6. The molecule has 3 N–H and O–H groups in total. The van der Waals surface area contributed by atoms with Gasteiger partial charge in [-0.25, -0.2) is 0 Å². The number of aliphatic hydroxyl groups is 2. The Morgan fingerprint density at radius 3 is 0.874 bits per heavy atom. The van der Waals surface area contributed by atoms with Gasteiger partial charge in [-0.2, -0.15) is 0 Å². The Labute approximate surface area is 544 Å². The Hall–Kier alpha value is -1.92. The van der Waals surface area contributed by atoms with Gasteiger partial charge in [0.15, 0.2) is 0 Å². The lowest BCUT2D eigenvalue weighted by molar-refractivity contribution is -0.143. The molecule has 2 atom stereocenters. The van der Waals surface area contributed by atoms with Crippen LogP contribution >= 0.6 is 0 Å². The van der Waals surface area contributed by atoms with Crippen molar-refractivity contribution >= 4 is 11.9 Å². The molecule has 0 aromatic rings. The van der Waals surface area contributed by atoms with Gasteiger partial charge in [0.25, 0.3) is 0 Å². The molecule has 0 aromatic heterocycles. The van der Waals surface area contributed by atoms with Crippen LogP contribution in [0.5, 0.6) is 0 Å². The number of rotatable bonds is 75. The first-order valence-electron chi connectivity index (χ1n) is 39.8. The SMILES string of the molecule is CCCCCCCCCCCCCCCCC/C=C/C(O)C(CO)NC(=O)CCCCCCCCCCCCCCCCCCC/C=C\C/C=C\CCCCCCCCCCCCCCCCCOC(=O)CCCCCCCCCCCCCCCC. The van der Waals surface area contributed by atoms with Crippen LogP contribution in [-0.4, -0.2) is 47.4 Å². The summed E-state index contributed by atoms with van der Waals surface area (Å²) >= 11 is 0. The fourth-order valence-corrected chi connectivity index (χ4v) is 12.6. The van der Waals surface area contributed by atoms with Crippen LogP contribution in [0.4, 0.5) is 0 Å². The second kappa shape index (κ2) is 76.5. The van der Waals surface area contributed by atoms with E-state index in [2.05, 4.69) is 43.5 Å². The monoisotopic (exact) mass is 1220 g/mol. The van der Waals surface area contributed by atoms with Crippen molar-refractivity contribution in [2.45, 2.75) is 456 Å². The predicted octanol–water partition coefficient (Wildman–Crippen LogP) is 26.2. The minimum absolute atomic E-state index is 0.0231. The first kappa shape index (κ1) is 85.1. The number of carbonyl (C=O) groups is 2. The quantitative estimate of drug-likeness (QED) is 0.0320. The molecule has 0 aliphatic heterocycles. The normalized spacial score (nSPS) is 12.6. The molecule has 0 saturated heterocycles. The minimum atomic E-state index is -0.843. The maximum atomic E-state index is 12.5. The van der Waals surface area contributed by atoms with E-state index in [0.29, 0.717) is 19.4 Å². The van der Waals surface area contributed by atoms with E-state index in [1.54, 1.807) is 6.08 Å². The summed E-state index contributed by atoms with van der Waals surface area (Å²) in [6.45, 7) is 4.95. The summed E-state index contributed by atoms with van der Waals surface area (Å²) in [6.07, 6.45) is 99.9. The molecule has 514 valence electrons. The average molecular weight is 1220 g/mol. The minimum Gasteiger partial charge on any atom is -0.466 e. The molecule has 6 nitrogen and oxygen atoms in total. The second-order valence-electron chi connectivity index (χ2n) is 27.4. The van der Waals surface area contributed by atoms with Crippen molar-refractivity contribution in [1.29, 1.82) is 0 Å². The molecule has 0 radical (unpaired) electrons. The smallest absolute Gasteiger partial charge is 0.305 e. The lowest BCUT2D eigenvalue weighted by Crippen LogP contribution is -2.45. The molecule has 0 aliphatic rings. The summed E-state index contributed by atoms with van der Waals surface area (Å²) in [5.41, 5.74) is 0. The third kappa shape index (κ3) is 73.0. The van der Waals surface area contributed by atoms with Gasteiger partial charge < -0.3 is 20.3 Å². The molecule has 0 aromatic carbocycles. The molecule has 1 amide bonds. The summed E-state index contributed by atoms with van der Waals surface area (Å²) in [5.74, 6) is -0.0384. The number of hydrogen-bond donors (Lipinski definition) is 3. The van der Waals surface area contributed by atoms with Crippen LogP contribution in [-0.2, 0) is 14.3 Å². The number of nitrogens with one attached hydrogen (secondary N) is 1. The third-order valence-electron chi connectivity index (χ3n) is 18.7. The van der Waals surface area contributed by atoms with Crippen LogP contribution in [0, 0.1) is 0 Å². The number of amides is 1. The number of hydrogen-bond acceptors (Lipinski definition) is 5. The molecular formula is C81H155NO5. The summed E-state index contributed by atoms with van der Waals surface area (Å²) in [5, 5.41) is 23.2. The first-order chi connectivity index (χ1) is 43.0. The van der Waals surface area contributed by atoms with Crippen LogP contribution in [0.1, 0.15) is 444 Å². The van der Waals surface area contributed by atoms with Crippen molar-refractivity contribution in [2.75, 3.05) is 13.2 Å². The lowest BCUT2D eigenvalue weighted by Gasteiger charge is -2.20. The summed E-state index contributed by atoms with van der Waals surface area (Å²) < 4.78 is 5.50. The molecule has 0 heterocycles. The van der Waals surface area contributed by atoms with E-state index in [-0.39, 0.29) is 18.5 Å². The zero-order chi connectivity index (χ0) is 62.8. The Morgan fingerprint density at radius 2 is 0.575 bits per heavy atom. The number of esters is 1. The molecule has 0 aliphatic carbocycles. The molecular weight excluding hydrogens is 1070 g/mol. The van der Waals surface area contributed by atoms with Gasteiger partial charge in [-0.1, -0.05) is 403 Å². The number of allylic oxidation sites excluding steroid dienone is 5. The van der Waals surface area contributed by atoms with Gasteiger partial charge >= 0.3 is 5.97 Å². The maximum Gasteiger partial charge on any atom is 0.305 e. The fourth-order valence-electron chi connectivity index (χ4n) is 12.6. The van der Waals surface area contributed by atoms with Gasteiger partial charge in [-0.3, -0.25) is 9.59 Å². The van der Waals surface area contributed by atoms with E-state index >= 15 is 0 Å². The molecule has 0 rings (SSSR count). The molecule has 0 bridgehead atoms. The van der Waals surface area contributed by atoms with E-state index in [9.17, 15) is 19.8 Å².